The van der Waals surface area contributed by atoms with Crippen molar-refractivity contribution in [3.05, 3.63) is 77.6 Å². The second-order valence-electron chi connectivity index (χ2n) is 8.53. The second-order valence-corrected chi connectivity index (χ2v) is 10.5. The summed E-state index contributed by atoms with van der Waals surface area (Å²) < 4.78 is 72.5. The molecule has 11 heteroatoms. The van der Waals surface area contributed by atoms with Crippen molar-refractivity contribution in [2.75, 3.05) is 20.2 Å². The molecule has 1 aromatic heterocycles. The maximum absolute atomic E-state index is 13.0. The predicted octanol–water partition coefficient (Wildman–Crippen LogP) is 4.48. The van der Waals surface area contributed by atoms with Gasteiger partial charge in [0.25, 0.3) is 0 Å². The van der Waals surface area contributed by atoms with Gasteiger partial charge < -0.3 is 14.4 Å². The molecular formula is C25H25F3N2O5S. The van der Waals surface area contributed by atoms with Gasteiger partial charge in [0.2, 0.25) is 10.0 Å². The SMILES string of the molecule is COC(=O)c1cc(S(=O)(=O)N2CCCC2)cn1CC(O)c1ccc(-c2cccc(C(F)(F)F)c2)cc1. The molecule has 7 nitrogen and oxygen atoms in total. The number of nitrogens with zero attached hydrogens (tertiary/aromatic N) is 2. The Hall–Kier alpha value is -3.15. The Morgan fingerprint density at radius 2 is 1.72 bits per heavy atom. The summed E-state index contributed by atoms with van der Waals surface area (Å²) in [6.07, 6.45) is -2.75. The van der Waals surface area contributed by atoms with E-state index in [1.54, 1.807) is 30.3 Å². The molecule has 1 aliphatic rings. The van der Waals surface area contributed by atoms with Crippen molar-refractivity contribution < 1.29 is 36.2 Å². The van der Waals surface area contributed by atoms with Crippen LogP contribution >= 0.6 is 0 Å². The number of hydrogen-bond donors (Lipinski definition) is 1. The molecule has 0 radical (unpaired) electrons. The van der Waals surface area contributed by atoms with Crippen molar-refractivity contribution in [3.8, 4) is 11.1 Å². The smallest absolute Gasteiger partial charge is 0.416 e. The third-order valence-electron chi connectivity index (χ3n) is 6.16. The van der Waals surface area contributed by atoms with Crippen LogP contribution in [-0.2, 0) is 27.5 Å². The Labute approximate surface area is 206 Å². The fourth-order valence-electron chi connectivity index (χ4n) is 4.19. The normalized spacial score (nSPS) is 15.7. The number of hydrogen-bond acceptors (Lipinski definition) is 5. The highest BCUT2D eigenvalue weighted by atomic mass is 32.2. The van der Waals surface area contributed by atoms with Crippen LogP contribution < -0.4 is 0 Å². The van der Waals surface area contributed by atoms with Crippen LogP contribution in [0.4, 0.5) is 13.2 Å². The Balaban J connectivity index is 1.57. The van der Waals surface area contributed by atoms with Gasteiger partial charge in [0.15, 0.2) is 0 Å². The number of halogens is 3. The molecule has 1 atom stereocenters. The van der Waals surface area contributed by atoms with Crippen molar-refractivity contribution in [3.63, 3.8) is 0 Å². The van der Waals surface area contributed by atoms with Crippen LogP contribution in [0.2, 0.25) is 0 Å². The minimum atomic E-state index is -4.46. The van der Waals surface area contributed by atoms with Crippen LogP contribution in [0.3, 0.4) is 0 Å². The molecule has 1 N–H and O–H groups in total. The number of aliphatic hydroxyl groups excluding tert-OH is 1. The van der Waals surface area contributed by atoms with E-state index in [1.165, 1.54) is 34.3 Å². The number of methoxy groups -OCH3 is 1. The molecule has 0 bridgehead atoms. The lowest BCUT2D eigenvalue weighted by atomic mass is 10.00. The summed E-state index contributed by atoms with van der Waals surface area (Å²) in [7, 11) is -2.61. The van der Waals surface area contributed by atoms with Gasteiger partial charge >= 0.3 is 12.1 Å². The van der Waals surface area contributed by atoms with Gasteiger partial charge in [-0.15, -0.1) is 0 Å². The monoisotopic (exact) mass is 522 g/mol. The van der Waals surface area contributed by atoms with Crippen molar-refractivity contribution in [2.24, 2.45) is 0 Å². The van der Waals surface area contributed by atoms with Crippen molar-refractivity contribution in [1.29, 1.82) is 0 Å². The maximum atomic E-state index is 13.0. The maximum Gasteiger partial charge on any atom is 0.416 e. The standard InChI is InChI=1S/C25H25F3N2O5S/c1-35-24(32)22-14-21(36(33,34)30-11-2-3-12-30)15-29(22)16-23(31)18-9-7-17(8-10-18)19-5-4-6-20(13-19)25(26,27)28/h4-10,13-15,23,31H,2-3,11-12,16H2,1H3. The number of ether oxygens (including phenoxy) is 1. The summed E-state index contributed by atoms with van der Waals surface area (Å²) in [6.45, 7) is 0.673. The van der Waals surface area contributed by atoms with Gasteiger partial charge in [0, 0.05) is 19.3 Å². The van der Waals surface area contributed by atoms with E-state index in [2.05, 4.69) is 0 Å². The number of benzene rings is 2. The molecule has 192 valence electrons. The molecule has 4 rings (SSSR count). The minimum Gasteiger partial charge on any atom is -0.464 e. The molecule has 0 spiro atoms. The number of rotatable bonds is 7. The third kappa shape index (κ3) is 5.32. The van der Waals surface area contributed by atoms with Gasteiger partial charge in [-0.25, -0.2) is 13.2 Å². The Morgan fingerprint density at radius 1 is 1.06 bits per heavy atom. The van der Waals surface area contributed by atoms with E-state index in [9.17, 15) is 31.5 Å². The van der Waals surface area contributed by atoms with Gasteiger partial charge in [-0.1, -0.05) is 36.4 Å². The van der Waals surface area contributed by atoms with Crippen molar-refractivity contribution >= 4 is 16.0 Å². The molecule has 0 saturated carbocycles. The number of aromatic nitrogens is 1. The molecule has 2 aromatic carbocycles. The molecule has 1 unspecified atom stereocenters. The lowest BCUT2D eigenvalue weighted by molar-refractivity contribution is -0.137. The topological polar surface area (TPSA) is 88.8 Å². The van der Waals surface area contributed by atoms with E-state index < -0.39 is 33.8 Å². The molecule has 1 saturated heterocycles. The van der Waals surface area contributed by atoms with Gasteiger partial charge in [-0.05, 0) is 47.7 Å². The summed E-state index contributed by atoms with van der Waals surface area (Å²) >= 11 is 0. The van der Waals surface area contributed by atoms with E-state index >= 15 is 0 Å². The zero-order valence-corrected chi connectivity index (χ0v) is 20.2. The van der Waals surface area contributed by atoms with Gasteiger partial charge in [0.05, 0.1) is 25.3 Å². The zero-order chi connectivity index (χ0) is 26.1. The highest BCUT2D eigenvalue weighted by Crippen LogP contribution is 2.33. The van der Waals surface area contributed by atoms with E-state index in [0.717, 1.165) is 25.0 Å². The van der Waals surface area contributed by atoms with E-state index in [0.29, 0.717) is 29.8 Å². The zero-order valence-electron chi connectivity index (χ0n) is 19.4. The van der Waals surface area contributed by atoms with Gasteiger partial charge in [-0.2, -0.15) is 17.5 Å². The van der Waals surface area contributed by atoms with Crippen LogP contribution in [0, 0.1) is 0 Å². The number of aliphatic hydroxyl groups is 1. The lowest BCUT2D eigenvalue weighted by Crippen LogP contribution is -2.27. The summed E-state index contributed by atoms with van der Waals surface area (Å²) in [5, 5.41) is 10.8. The van der Waals surface area contributed by atoms with Crippen molar-refractivity contribution in [2.45, 2.75) is 36.6 Å². The van der Waals surface area contributed by atoms with Crippen LogP contribution in [0.5, 0.6) is 0 Å². The second kappa shape index (κ2) is 10.1. The summed E-state index contributed by atoms with van der Waals surface area (Å²) in [6, 6.07) is 12.5. The van der Waals surface area contributed by atoms with Crippen LogP contribution in [0.1, 0.15) is 40.6 Å². The van der Waals surface area contributed by atoms with Gasteiger partial charge in [0.1, 0.15) is 10.6 Å². The number of carbonyl (C=O) groups excluding carboxylic acids is 1. The highest BCUT2D eigenvalue weighted by Gasteiger charge is 2.31. The first kappa shape index (κ1) is 25.9. The average Bonchev–Trinajstić information content (AvgIpc) is 3.55. The third-order valence-corrected chi connectivity index (χ3v) is 8.02. The van der Waals surface area contributed by atoms with Crippen LogP contribution in [0.25, 0.3) is 11.1 Å². The number of esters is 1. The fourth-order valence-corrected chi connectivity index (χ4v) is 5.75. The molecule has 36 heavy (non-hydrogen) atoms. The summed E-state index contributed by atoms with van der Waals surface area (Å²) in [5.74, 6) is -0.745. The lowest BCUT2D eigenvalue weighted by Gasteiger charge is -2.15. The number of carbonyl (C=O) groups is 1. The average molecular weight is 523 g/mol. The Bertz CT molecular complexity index is 1340. The highest BCUT2D eigenvalue weighted by molar-refractivity contribution is 7.89. The largest absolute Gasteiger partial charge is 0.464 e. The first-order valence-electron chi connectivity index (χ1n) is 11.2. The van der Waals surface area contributed by atoms with Crippen molar-refractivity contribution in [1.82, 2.24) is 8.87 Å². The molecule has 0 amide bonds. The van der Waals surface area contributed by atoms with Crippen LogP contribution in [-0.4, -0.2) is 48.6 Å². The number of sulfonamides is 1. The molecule has 3 aromatic rings. The summed E-state index contributed by atoms with van der Waals surface area (Å²) in [4.78, 5) is 12.2. The minimum absolute atomic E-state index is 0.0186. The van der Waals surface area contributed by atoms with Gasteiger partial charge in [-0.3, -0.25) is 0 Å². The molecule has 2 heterocycles. The Morgan fingerprint density at radius 3 is 2.33 bits per heavy atom. The number of alkyl halides is 3. The molecule has 1 aliphatic heterocycles. The van der Waals surface area contributed by atoms with E-state index in [4.69, 9.17) is 4.74 Å². The quantitative estimate of drug-likeness (QED) is 0.463. The van der Waals surface area contributed by atoms with Crippen LogP contribution in [0.15, 0.2) is 65.7 Å². The molecular weight excluding hydrogens is 497 g/mol. The first-order chi connectivity index (χ1) is 17.0. The first-order valence-corrected chi connectivity index (χ1v) is 12.7. The summed E-state index contributed by atoms with van der Waals surface area (Å²) in [5.41, 5.74) is 0.578. The van der Waals surface area contributed by atoms with E-state index in [1.807, 2.05) is 0 Å². The fraction of sp³-hybridized carbons (Fsp3) is 0.320. The van der Waals surface area contributed by atoms with E-state index in [-0.39, 0.29) is 17.1 Å². The molecule has 1 fully saturated rings. The predicted molar refractivity (Wildman–Crippen MR) is 126 cm³/mol. The molecule has 0 aliphatic carbocycles. The Kier molecular flexibility index (Phi) is 7.26.